The highest BCUT2D eigenvalue weighted by molar-refractivity contribution is 9.10. The summed E-state index contributed by atoms with van der Waals surface area (Å²) < 4.78 is 1.06. The van der Waals surface area contributed by atoms with E-state index in [-0.39, 0.29) is 0 Å². The molecule has 1 unspecified atom stereocenters. The lowest BCUT2D eigenvalue weighted by Crippen LogP contribution is -2.17. The second kappa shape index (κ2) is 5.49. The third kappa shape index (κ3) is 2.80. The van der Waals surface area contributed by atoms with Crippen LogP contribution in [0.5, 0.6) is 0 Å². The van der Waals surface area contributed by atoms with Gasteiger partial charge in [0.2, 0.25) is 0 Å². The van der Waals surface area contributed by atoms with Crippen LogP contribution < -0.4 is 5.32 Å². The minimum atomic E-state index is -0.414. The standard InChI is InChI=1S/C11H16BrNO/c1-3-8-6-9(12)4-5-10(8)11(14)7-13-2/h4-6,11,13-14H,3,7H2,1-2H3. The van der Waals surface area contributed by atoms with Crippen molar-refractivity contribution >= 4 is 15.9 Å². The highest BCUT2D eigenvalue weighted by atomic mass is 79.9. The summed E-state index contributed by atoms with van der Waals surface area (Å²) in [6.45, 7) is 2.69. The SMILES string of the molecule is CCc1cc(Br)ccc1C(O)CNC. The molecule has 14 heavy (non-hydrogen) atoms. The number of nitrogens with one attached hydrogen (secondary N) is 1. The Kier molecular flexibility index (Phi) is 4.58. The fraction of sp³-hybridized carbons (Fsp3) is 0.455. The van der Waals surface area contributed by atoms with Gasteiger partial charge in [0, 0.05) is 11.0 Å². The first-order chi connectivity index (χ1) is 6.69. The quantitative estimate of drug-likeness (QED) is 0.868. The predicted molar refractivity (Wildman–Crippen MR) is 62.4 cm³/mol. The molecule has 0 aliphatic heterocycles. The second-order valence-corrected chi connectivity index (χ2v) is 4.19. The summed E-state index contributed by atoms with van der Waals surface area (Å²) >= 11 is 3.43. The summed E-state index contributed by atoms with van der Waals surface area (Å²) in [5, 5.41) is 12.8. The summed E-state index contributed by atoms with van der Waals surface area (Å²) in [7, 11) is 1.84. The van der Waals surface area contributed by atoms with Gasteiger partial charge in [0.1, 0.15) is 0 Å². The molecule has 0 radical (unpaired) electrons. The van der Waals surface area contributed by atoms with E-state index in [1.807, 2.05) is 19.2 Å². The third-order valence-electron chi connectivity index (χ3n) is 2.24. The molecule has 1 rings (SSSR count). The number of aliphatic hydroxyl groups is 1. The normalized spacial score (nSPS) is 12.9. The first kappa shape index (κ1) is 11.7. The Balaban J connectivity index is 2.95. The van der Waals surface area contributed by atoms with E-state index in [2.05, 4.69) is 34.2 Å². The van der Waals surface area contributed by atoms with E-state index < -0.39 is 6.10 Å². The lowest BCUT2D eigenvalue weighted by atomic mass is 10.0. The maximum absolute atomic E-state index is 9.85. The minimum Gasteiger partial charge on any atom is -0.387 e. The van der Waals surface area contributed by atoms with E-state index in [1.165, 1.54) is 5.56 Å². The van der Waals surface area contributed by atoms with Crippen molar-refractivity contribution in [3.8, 4) is 0 Å². The summed E-state index contributed by atoms with van der Waals surface area (Å²) in [4.78, 5) is 0. The van der Waals surface area contributed by atoms with Gasteiger partial charge in [-0.25, -0.2) is 0 Å². The topological polar surface area (TPSA) is 32.3 Å². The molecule has 0 heterocycles. The third-order valence-corrected chi connectivity index (χ3v) is 2.74. The first-order valence-electron chi connectivity index (χ1n) is 4.80. The molecule has 0 bridgehead atoms. The zero-order chi connectivity index (χ0) is 10.6. The molecule has 1 atom stereocenters. The van der Waals surface area contributed by atoms with Crippen molar-refractivity contribution in [3.63, 3.8) is 0 Å². The van der Waals surface area contributed by atoms with Crippen LogP contribution in [0.4, 0.5) is 0 Å². The number of aryl methyl sites for hydroxylation is 1. The van der Waals surface area contributed by atoms with Crippen LogP contribution in [0.25, 0.3) is 0 Å². The average Bonchev–Trinajstić information content (AvgIpc) is 2.17. The lowest BCUT2D eigenvalue weighted by Gasteiger charge is -2.14. The molecule has 0 aliphatic carbocycles. The maximum atomic E-state index is 9.85. The monoisotopic (exact) mass is 257 g/mol. The van der Waals surface area contributed by atoms with E-state index in [4.69, 9.17) is 0 Å². The van der Waals surface area contributed by atoms with E-state index in [9.17, 15) is 5.11 Å². The lowest BCUT2D eigenvalue weighted by molar-refractivity contribution is 0.177. The number of likely N-dealkylation sites (N-methyl/N-ethyl adjacent to an activating group) is 1. The minimum absolute atomic E-state index is 0.414. The van der Waals surface area contributed by atoms with Gasteiger partial charge in [-0.1, -0.05) is 28.9 Å². The molecule has 78 valence electrons. The zero-order valence-corrected chi connectivity index (χ0v) is 10.1. The predicted octanol–water partition coefficient (Wildman–Crippen LogP) is 2.26. The van der Waals surface area contributed by atoms with Gasteiger partial charge < -0.3 is 10.4 Å². The Bertz CT molecular complexity index is 301. The van der Waals surface area contributed by atoms with Crippen LogP contribution in [-0.2, 0) is 6.42 Å². The van der Waals surface area contributed by atoms with Crippen LogP contribution in [0.3, 0.4) is 0 Å². The zero-order valence-electron chi connectivity index (χ0n) is 8.55. The van der Waals surface area contributed by atoms with Gasteiger partial charge in [0.15, 0.2) is 0 Å². The van der Waals surface area contributed by atoms with Gasteiger partial charge >= 0.3 is 0 Å². The molecule has 0 aliphatic rings. The molecule has 1 aromatic rings. The Morgan fingerprint density at radius 3 is 2.79 bits per heavy atom. The summed E-state index contributed by atoms with van der Waals surface area (Å²) in [5.41, 5.74) is 2.21. The summed E-state index contributed by atoms with van der Waals surface area (Å²) in [6.07, 6.45) is 0.526. The Morgan fingerprint density at radius 1 is 1.50 bits per heavy atom. The molecule has 3 heteroatoms. The van der Waals surface area contributed by atoms with Crippen LogP contribution >= 0.6 is 15.9 Å². The fourth-order valence-corrected chi connectivity index (χ4v) is 1.92. The molecule has 0 spiro atoms. The van der Waals surface area contributed by atoms with E-state index in [0.29, 0.717) is 6.54 Å². The molecule has 0 fully saturated rings. The average molecular weight is 258 g/mol. The molecule has 1 aromatic carbocycles. The Labute approximate surface area is 93.5 Å². The van der Waals surface area contributed by atoms with E-state index in [1.54, 1.807) is 0 Å². The van der Waals surface area contributed by atoms with Gasteiger partial charge in [-0.3, -0.25) is 0 Å². The number of rotatable bonds is 4. The highest BCUT2D eigenvalue weighted by Gasteiger charge is 2.10. The number of aliphatic hydroxyl groups excluding tert-OH is 1. The molecule has 0 saturated carbocycles. The van der Waals surface area contributed by atoms with Gasteiger partial charge in [-0.2, -0.15) is 0 Å². The first-order valence-corrected chi connectivity index (χ1v) is 5.59. The molecular weight excluding hydrogens is 242 g/mol. The van der Waals surface area contributed by atoms with Crippen molar-refractivity contribution in [2.24, 2.45) is 0 Å². The van der Waals surface area contributed by atoms with Crippen LogP contribution in [0.1, 0.15) is 24.2 Å². The molecular formula is C11H16BrNO. The van der Waals surface area contributed by atoms with Crippen LogP contribution in [0.15, 0.2) is 22.7 Å². The number of hydrogen-bond acceptors (Lipinski definition) is 2. The molecule has 2 nitrogen and oxygen atoms in total. The van der Waals surface area contributed by atoms with Gasteiger partial charge in [-0.15, -0.1) is 0 Å². The van der Waals surface area contributed by atoms with Crippen LogP contribution in [0.2, 0.25) is 0 Å². The van der Waals surface area contributed by atoms with Crippen molar-refractivity contribution in [3.05, 3.63) is 33.8 Å². The number of hydrogen-bond donors (Lipinski definition) is 2. The van der Waals surface area contributed by atoms with E-state index in [0.717, 1.165) is 16.5 Å². The summed E-state index contributed by atoms with van der Waals surface area (Å²) in [5.74, 6) is 0. The van der Waals surface area contributed by atoms with Crippen molar-refractivity contribution in [1.29, 1.82) is 0 Å². The van der Waals surface area contributed by atoms with Gasteiger partial charge in [0.05, 0.1) is 6.10 Å². The van der Waals surface area contributed by atoms with Crippen molar-refractivity contribution in [2.75, 3.05) is 13.6 Å². The largest absolute Gasteiger partial charge is 0.387 e. The smallest absolute Gasteiger partial charge is 0.0916 e. The van der Waals surface area contributed by atoms with Crippen molar-refractivity contribution in [2.45, 2.75) is 19.4 Å². The second-order valence-electron chi connectivity index (χ2n) is 3.27. The highest BCUT2D eigenvalue weighted by Crippen LogP contribution is 2.22. The maximum Gasteiger partial charge on any atom is 0.0916 e. The Hall–Kier alpha value is -0.380. The van der Waals surface area contributed by atoms with Gasteiger partial charge in [-0.05, 0) is 36.7 Å². The van der Waals surface area contributed by atoms with Crippen molar-refractivity contribution < 1.29 is 5.11 Å². The van der Waals surface area contributed by atoms with Crippen LogP contribution in [0, 0.1) is 0 Å². The molecule has 0 saturated heterocycles. The van der Waals surface area contributed by atoms with Crippen molar-refractivity contribution in [1.82, 2.24) is 5.32 Å². The molecule has 0 amide bonds. The van der Waals surface area contributed by atoms with Gasteiger partial charge in [0.25, 0.3) is 0 Å². The Morgan fingerprint density at radius 2 is 2.21 bits per heavy atom. The van der Waals surface area contributed by atoms with Crippen LogP contribution in [-0.4, -0.2) is 18.7 Å². The fourth-order valence-electron chi connectivity index (χ4n) is 1.51. The number of benzene rings is 1. The molecule has 2 N–H and O–H groups in total. The summed E-state index contributed by atoms with van der Waals surface area (Å²) in [6, 6.07) is 6.01. The van der Waals surface area contributed by atoms with E-state index >= 15 is 0 Å². The number of halogens is 1. The molecule has 0 aromatic heterocycles.